The maximum atomic E-state index is 12.8. The first-order valence-corrected chi connectivity index (χ1v) is 9.50. The molecule has 0 aliphatic carbocycles. The van der Waals surface area contributed by atoms with Crippen LogP contribution in [0.15, 0.2) is 53.6 Å². The number of hydrogen-bond donors (Lipinski definition) is 0. The lowest BCUT2D eigenvalue weighted by atomic mass is 10.0. The van der Waals surface area contributed by atoms with Crippen LogP contribution < -0.4 is 9.75 Å². The lowest BCUT2D eigenvalue weighted by Gasteiger charge is -2.26. The Morgan fingerprint density at radius 1 is 1.07 bits per heavy atom. The molecule has 5 nitrogen and oxygen atoms in total. The van der Waals surface area contributed by atoms with Gasteiger partial charge in [-0.1, -0.05) is 23.7 Å². The maximum Gasteiger partial charge on any atom is 0.573 e. The van der Waals surface area contributed by atoms with Crippen molar-refractivity contribution in [2.45, 2.75) is 45.2 Å². The van der Waals surface area contributed by atoms with Crippen molar-refractivity contribution < 1.29 is 27.4 Å². The number of ether oxygens (including phenoxy) is 2. The molecule has 0 N–H and O–H groups in total. The summed E-state index contributed by atoms with van der Waals surface area (Å²) in [6.45, 7) is 5.28. The minimum atomic E-state index is -4.78. The number of esters is 1. The molecule has 2 aromatic rings. The number of nitrogens with zero attached hydrogens (tertiary/aromatic N) is 2. The molecule has 0 fully saturated rings. The van der Waals surface area contributed by atoms with Gasteiger partial charge in [0.25, 0.3) is 0 Å². The fourth-order valence-corrected chi connectivity index (χ4v) is 3.05. The molecule has 1 heterocycles. The molecule has 0 amide bonds. The minimum absolute atomic E-state index is 0.275. The summed E-state index contributed by atoms with van der Waals surface area (Å²) < 4.78 is 46.7. The molecule has 0 saturated heterocycles. The van der Waals surface area contributed by atoms with E-state index >= 15 is 0 Å². The highest BCUT2D eigenvalue weighted by atomic mass is 35.5. The van der Waals surface area contributed by atoms with Crippen LogP contribution in [0.5, 0.6) is 5.75 Å². The second-order valence-electron chi connectivity index (χ2n) is 7.69. The molecular formula is C21H20ClF3N2O3. The zero-order valence-electron chi connectivity index (χ0n) is 16.5. The van der Waals surface area contributed by atoms with E-state index in [1.807, 2.05) is 0 Å². The number of alkyl halides is 3. The summed E-state index contributed by atoms with van der Waals surface area (Å²) >= 11 is 5.94. The van der Waals surface area contributed by atoms with E-state index in [-0.39, 0.29) is 12.2 Å². The molecule has 1 aliphatic rings. The summed E-state index contributed by atoms with van der Waals surface area (Å²) in [5.74, 6) is -0.841. The number of rotatable bonds is 4. The van der Waals surface area contributed by atoms with Crippen molar-refractivity contribution in [3.63, 3.8) is 0 Å². The smallest absolute Gasteiger partial charge is 0.458 e. The number of carbonyl (C=O) groups excluding carboxylic acids is 1. The number of halogens is 4. The molecule has 160 valence electrons. The van der Waals surface area contributed by atoms with E-state index in [0.717, 1.165) is 5.56 Å². The van der Waals surface area contributed by atoms with Gasteiger partial charge in [0.1, 0.15) is 11.4 Å². The molecular weight excluding hydrogens is 421 g/mol. The number of benzene rings is 2. The summed E-state index contributed by atoms with van der Waals surface area (Å²) in [6, 6.07) is 11.4. The standard InChI is InChI=1S/C21H20ClF3N2O3/c1-20(2,3)30-19(28)18-12-17(13-4-6-14(22)7-5-13)26-27(18)15-8-10-16(11-9-15)29-21(23,24)25/h4-11,18H,12H2,1-3H3. The van der Waals surface area contributed by atoms with E-state index in [1.165, 1.54) is 29.3 Å². The van der Waals surface area contributed by atoms with Crippen LogP contribution in [0.1, 0.15) is 32.8 Å². The number of anilines is 1. The molecule has 3 rings (SSSR count). The van der Waals surface area contributed by atoms with Crippen molar-refractivity contribution in [2.75, 3.05) is 5.01 Å². The van der Waals surface area contributed by atoms with Gasteiger partial charge in [0.05, 0.1) is 11.4 Å². The van der Waals surface area contributed by atoms with Gasteiger partial charge in [0, 0.05) is 11.4 Å². The molecule has 1 unspecified atom stereocenters. The third-order valence-electron chi connectivity index (χ3n) is 4.10. The molecule has 0 aromatic heterocycles. The Hall–Kier alpha value is -2.74. The Morgan fingerprint density at radius 2 is 1.67 bits per heavy atom. The van der Waals surface area contributed by atoms with Crippen LogP contribution in [-0.2, 0) is 9.53 Å². The van der Waals surface area contributed by atoms with E-state index < -0.39 is 24.0 Å². The van der Waals surface area contributed by atoms with E-state index in [0.29, 0.717) is 16.4 Å². The van der Waals surface area contributed by atoms with Crippen LogP contribution >= 0.6 is 11.6 Å². The number of carbonyl (C=O) groups is 1. The molecule has 1 atom stereocenters. The second-order valence-corrected chi connectivity index (χ2v) is 8.13. The normalized spacial score (nSPS) is 17.0. The number of hydrazone groups is 1. The highest BCUT2D eigenvalue weighted by Gasteiger charge is 2.37. The molecule has 0 spiro atoms. The zero-order valence-corrected chi connectivity index (χ0v) is 17.3. The van der Waals surface area contributed by atoms with Crippen molar-refractivity contribution in [2.24, 2.45) is 5.10 Å². The first-order chi connectivity index (χ1) is 13.9. The predicted molar refractivity (Wildman–Crippen MR) is 108 cm³/mol. The monoisotopic (exact) mass is 440 g/mol. The summed E-state index contributed by atoms with van der Waals surface area (Å²) in [4.78, 5) is 12.8. The van der Waals surface area contributed by atoms with Crippen molar-refractivity contribution in [1.29, 1.82) is 0 Å². The molecule has 1 aliphatic heterocycles. The topological polar surface area (TPSA) is 51.1 Å². The van der Waals surface area contributed by atoms with Crippen molar-refractivity contribution in [1.82, 2.24) is 0 Å². The van der Waals surface area contributed by atoms with Gasteiger partial charge in [0.2, 0.25) is 0 Å². The Bertz CT molecular complexity index is 936. The van der Waals surface area contributed by atoms with Crippen LogP contribution in [0.25, 0.3) is 0 Å². The fraction of sp³-hybridized carbons (Fsp3) is 0.333. The SMILES string of the molecule is CC(C)(C)OC(=O)C1CC(c2ccc(Cl)cc2)=NN1c1ccc(OC(F)(F)F)cc1. The van der Waals surface area contributed by atoms with E-state index in [4.69, 9.17) is 16.3 Å². The zero-order chi connectivity index (χ0) is 22.1. The van der Waals surface area contributed by atoms with Gasteiger partial charge in [0.15, 0.2) is 6.04 Å². The molecule has 0 radical (unpaired) electrons. The molecule has 9 heteroatoms. The van der Waals surface area contributed by atoms with E-state index in [9.17, 15) is 18.0 Å². The van der Waals surface area contributed by atoms with Gasteiger partial charge in [-0.2, -0.15) is 5.10 Å². The second kappa shape index (κ2) is 8.18. The van der Waals surface area contributed by atoms with Crippen LogP contribution in [0.4, 0.5) is 18.9 Å². The van der Waals surface area contributed by atoms with E-state index in [1.54, 1.807) is 45.0 Å². The lowest BCUT2D eigenvalue weighted by molar-refractivity contribution is -0.274. The maximum absolute atomic E-state index is 12.8. The first kappa shape index (κ1) is 22.0. The van der Waals surface area contributed by atoms with Crippen LogP contribution in [0.2, 0.25) is 5.02 Å². The van der Waals surface area contributed by atoms with Crippen molar-refractivity contribution in [3.8, 4) is 5.75 Å². The summed E-state index contributed by atoms with van der Waals surface area (Å²) in [6.07, 6.45) is -4.51. The van der Waals surface area contributed by atoms with Crippen molar-refractivity contribution in [3.05, 3.63) is 59.1 Å². The Kier molecular flexibility index (Phi) is 5.99. The van der Waals surface area contributed by atoms with Crippen LogP contribution in [-0.4, -0.2) is 29.7 Å². The number of hydrogen-bond acceptors (Lipinski definition) is 5. The molecule has 30 heavy (non-hydrogen) atoms. The van der Waals surface area contributed by atoms with Crippen molar-refractivity contribution >= 4 is 29.0 Å². The largest absolute Gasteiger partial charge is 0.573 e. The summed E-state index contributed by atoms with van der Waals surface area (Å²) in [7, 11) is 0. The van der Waals surface area contributed by atoms with Gasteiger partial charge in [-0.05, 0) is 62.7 Å². The first-order valence-electron chi connectivity index (χ1n) is 9.13. The Balaban J connectivity index is 1.91. The minimum Gasteiger partial charge on any atom is -0.458 e. The van der Waals surface area contributed by atoms with E-state index in [2.05, 4.69) is 9.84 Å². The third-order valence-corrected chi connectivity index (χ3v) is 4.35. The molecule has 0 bridgehead atoms. The van der Waals surface area contributed by atoms with Crippen LogP contribution in [0.3, 0.4) is 0 Å². The third kappa shape index (κ3) is 5.66. The molecule has 2 aromatic carbocycles. The average molecular weight is 441 g/mol. The average Bonchev–Trinajstić information content (AvgIpc) is 3.06. The van der Waals surface area contributed by atoms with Gasteiger partial charge in [-0.25, -0.2) is 4.79 Å². The van der Waals surface area contributed by atoms with Gasteiger partial charge < -0.3 is 9.47 Å². The fourth-order valence-electron chi connectivity index (χ4n) is 2.92. The van der Waals surface area contributed by atoms with Gasteiger partial charge in [-0.3, -0.25) is 5.01 Å². The van der Waals surface area contributed by atoms with Gasteiger partial charge in [-0.15, -0.1) is 13.2 Å². The highest BCUT2D eigenvalue weighted by molar-refractivity contribution is 6.30. The van der Waals surface area contributed by atoms with Crippen LogP contribution in [0, 0.1) is 0 Å². The lowest BCUT2D eigenvalue weighted by Crippen LogP contribution is -2.39. The Labute approximate surface area is 177 Å². The van der Waals surface area contributed by atoms with Gasteiger partial charge >= 0.3 is 12.3 Å². The molecule has 0 saturated carbocycles. The quantitative estimate of drug-likeness (QED) is 0.584. The Morgan fingerprint density at radius 3 is 2.20 bits per heavy atom. The summed E-state index contributed by atoms with van der Waals surface area (Å²) in [5.41, 5.74) is 1.16. The highest BCUT2D eigenvalue weighted by Crippen LogP contribution is 2.31. The summed E-state index contributed by atoms with van der Waals surface area (Å²) in [5, 5.41) is 6.56. The predicted octanol–water partition coefficient (Wildman–Crippen LogP) is 5.56.